The molecule has 0 fully saturated rings. The third-order valence-corrected chi connectivity index (χ3v) is 4.27. The van der Waals surface area contributed by atoms with Crippen molar-refractivity contribution in [1.29, 1.82) is 0 Å². The van der Waals surface area contributed by atoms with Crippen LogP contribution in [0.25, 0.3) is 11.0 Å². The molecule has 3 rings (SSSR count). The Labute approximate surface area is 127 Å². The number of aryl methyl sites for hydroxylation is 2. The summed E-state index contributed by atoms with van der Waals surface area (Å²) in [6.45, 7) is 4.79. The molecule has 0 atom stereocenters. The molecule has 3 aromatic rings. The maximum Gasteiger partial charge on any atom is 0.178 e. The van der Waals surface area contributed by atoms with Crippen molar-refractivity contribution in [2.75, 3.05) is 0 Å². The molecule has 1 aromatic carbocycles. The molecule has 0 amide bonds. The Morgan fingerprint density at radius 3 is 2.75 bits per heavy atom. The molecule has 0 saturated carbocycles. The van der Waals surface area contributed by atoms with Crippen molar-refractivity contribution >= 4 is 34.9 Å². The zero-order chi connectivity index (χ0) is 14.4. The number of hydrogen-bond acceptors (Lipinski definition) is 2. The number of fused-ring (bicyclic) bond motifs is 1. The monoisotopic (exact) mass is 306 g/mol. The maximum atomic E-state index is 6.09. The minimum absolute atomic E-state index is 0.699. The topological polar surface area (TPSA) is 38.5 Å². The summed E-state index contributed by atoms with van der Waals surface area (Å²) >= 11 is 11.5. The molecule has 2 heterocycles. The molecule has 0 spiro atoms. The normalized spacial score (nSPS) is 11.4. The molecule has 104 valence electrons. The molecule has 0 unspecified atom stereocenters. The van der Waals surface area contributed by atoms with E-state index in [1.165, 1.54) is 5.56 Å². The zero-order valence-corrected chi connectivity index (χ0v) is 13.1. The van der Waals surface area contributed by atoms with Crippen LogP contribution in [0.3, 0.4) is 0 Å². The highest BCUT2D eigenvalue weighted by molar-refractivity contribution is 7.71. The number of benzene rings is 1. The van der Waals surface area contributed by atoms with Crippen molar-refractivity contribution in [1.82, 2.24) is 19.3 Å². The first-order valence-corrected chi connectivity index (χ1v) is 7.13. The molecule has 0 radical (unpaired) electrons. The number of rotatable bonds is 2. The Kier molecular flexibility index (Phi) is 3.18. The fourth-order valence-electron chi connectivity index (χ4n) is 2.49. The van der Waals surface area contributed by atoms with Crippen molar-refractivity contribution in [3.8, 4) is 0 Å². The SMILES string of the molecule is Cc1nn(C)c(C)c1Cn1c(=S)[nH]c2ccc(Cl)cc21. The van der Waals surface area contributed by atoms with Gasteiger partial charge in [-0.05, 0) is 44.3 Å². The fraction of sp³-hybridized carbons (Fsp3) is 0.286. The minimum Gasteiger partial charge on any atom is -0.331 e. The average molecular weight is 307 g/mol. The van der Waals surface area contributed by atoms with Gasteiger partial charge in [-0.1, -0.05) is 11.6 Å². The first-order valence-electron chi connectivity index (χ1n) is 6.34. The average Bonchev–Trinajstić information content (AvgIpc) is 2.82. The van der Waals surface area contributed by atoms with Crippen LogP contribution >= 0.6 is 23.8 Å². The third-order valence-electron chi connectivity index (χ3n) is 3.71. The van der Waals surface area contributed by atoms with Gasteiger partial charge in [-0.25, -0.2) is 0 Å². The molecule has 0 bridgehead atoms. The van der Waals surface area contributed by atoms with E-state index in [-0.39, 0.29) is 0 Å². The molecule has 0 aliphatic rings. The predicted molar refractivity (Wildman–Crippen MR) is 83.9 cm³/mol. The van der Waals surface area contributed by atoms with Crippen LogP contribution < -0.4 is 0 Å². The van der Waals surface area contributed by atoms with Crippen LogP contribution in [0.15, 0.2) is 18.2 Å². The fourth-order valence-corrected chi connectivity index (χ4v) is 2.93. The van der Waals surface area contributed by atoms with Crippen molar-refractivity contribution in [2.24, 2.45) is 7.05 Å². The van der Waals surface area contributed by atoms with E-state index in [9.17, 15) is 0 Å². The van der Waals surface area contributed by atoms with Crippen LogP contribution in [-0.2, 0) is 13.6 Å². The number of aromatic nitrogens is 4. The van der Waals surface area contributed by atoms with Crippen LogP contribution in [0.1, 0.15) is 17.0 Å². The van der Waals surface area contributed by atoms with Gasteiger partial charge in [0.2, 0.25) is 0 Å². The van der Waals surface area contributed by atoms with Crippen molar-refractivity contribution < 1.29 is 0 Å². The molecule has 0 saturated heterocycles. The highest BCUT2D eigenvalue weighted by atomic mass is 35.5. The Morgan fingerprint density at radius 1 is 1.35 bits per heavy atom. The summed E-state index contributed by atoms with van der Waals surface area (Å²) in [6.07, 6.45) is 0. The number of H-pyrrole nitrogens is 1. The molecule has 0 aliphatic carbocycles. The van der Waals surface area contributed by atoms with Gasteiger partial charge in [0, 0.05) is 23.3 Å². The van der Waals surface area contributed by atoms with Gasteiger partial charge in [-0.15, -0.1) is 0 Å². The predicted octanol–water partition coefficient (Wildman–Crippen LogP) is 3.75. The highest BCUT2D eigenvalue weighted by Crippen LogP contribution is 2.22. The summed E-state index contributed by atoms with van der Waals surface area (Å²) in [6, 6.07) is 5.75. The molecule has 6 heteroatoms. The first kappa shape index (κ1) is 13.4. The number of aromatic amines is 1. The van der Waals surface area contributed by atoms with E-state index in [1.807, 2.05) is 36.9 Å². The second kappa shape index (κ2) is 4.75. The van der Waals surface area contributed by atoms with Gasteiger partial charge in [-0.3, -0.25) is 4.68 Å². The number of nitrogens with zero attached hydrogens (tertiary/aromatic N) is 3. The lowest BCUT2D eigenvalue weighted by molar-refractivity contribution is 0.727. The Balaban J connectivity index is 2.17. The van der Waals surface area contributed by atoms with E-state index in [1.54, 1.807) is 0 Å². The second-order valence-electron chi connectivity index (χ2n) is 4.95. The van der Waals surface area contributed by atoms with Crippen molar-refractivity contribution in [3.05, 3.63) is 44.9 Å². The maximum absolute atomic E-state index is 6.09. The van der Waals surface area contributed by atoms with E-state index in [0.29, 0.717) is 16.3 Å². The number of halogens is 1. The lowest BCUT2D eigenvalue weighted by atomic mass is 10.2. The van der Waals surface area contributed by atoms with Gasteiger partial charge in [-0.2, -0.15) is 5.10 Å². The summed E-state index contributed by atoms with van der Waals surface area (Å²) in [4.78, 5) is 3.21. The van der Waals surface area contributed by atoms with Crippen LogP contribution in [0, 0.1) is 18.6 Å². The molecule has 4 nitrogen and oxygen atoms in total. The van der Waals surface area contributed by atoms with Gasteiger partial charge in [0.25, 0.3) is 0 Å². The zero-order valence-electron chi connectivity index (χ0n) is 11.6. The largest absolute Gasteiger partial charge is 0.331 e. The molecular weight excluding hydrogens is 292 g/mol. The van der Waals surface area contributed by atoms with Gasteiger partial charge < -0.3 is 9.55 Å². The number of nitrogens with one attached hydrogen (secondary N) is 1. The van der Waals surface area contributed by atoms with Crippen LogP contribution in [0.5, 0.6) is 0 Å². The van der Waals surface area contributed by atoms with Crippen LogP contribution in [-0.4, -0.2) is 19.3 Å². The van der Waals surface area contributed by atoms with Crippen molar-refractivity contribution in [3.63, 3.8) is 0 Å². The van der Waals surface area contributed by atoms with E-state index in [2.05, 4.69) is 21.6 Å². The van der Waals surface area contributed by atoms with Crippen molar-refractivity contribution in [2.45, 2.75) is 20.4 Å². The minimum atomic E-state index is 0.699. The van der Waals surface area contributed by atoms with Crippen LogP contribution in [0.4, 0.5) is 0 Å². The molecule has 20 heavy (non-hydrogen) atoms. The summed E-state index contributed by atoms with van der Waals surface area (Å²) in [5.74, 6) is 0. The highest BCUT2D eigenvalue weighted by Gasteiger charge is 2.12. The molecular formula is C14H15ClN4S. The summed E-state index contributed by atoms with van der Waals surface area (Å²) in [5.41, 5.74) is 5.40. The Morgan fingerprint density at radius 2 is 2.10 bits per heavy atom. The van der Waals surface area contributed by atoms with E-state index in [0.717, 1.165) is 22.4 Å². The number of imidazole rings is 1. The lowest BCUT2D eigenvalue weighted by Crippen LogP contribution is -2.02. The Bertz CT molecular complexity index is 856. The summed E-state index contributed by atoms with van der Waals surface area (Å²) in [5, 5.41) is 5.16. The van der Waals surface area contributed by atoms with Gasteiger partial charge in [0.05, 0.1) is 23.3 Å². The van der Waals surface area contributed by atoms with Gasteiger partial charge in [0.1, 0.15) is 0 Å². The number of hydrogen-bond donors (Lipinski definition) is 1. The summed E-state index contributed by atoms with van der Waals surface area (Å²) < 4.78 is 4.66. The standard InChI is InChI=1S/C14H15ClN4S/c1-8-11(9(2)18(3)17-8)7-19-13-6-10(15)4-5-12(13)16-14(19)20/h4-6H,7H2,1-3H3,(H,16,20). The lowest BCUT2D eigenvalue weighted by Gasteiger charge is -2.06. The Hall–Kier alpha value is -1.59. The second-order valence-corrected chi connectivity index (χ2v) is 5.77. The molecule has 0 aliphatic heterocycles. The van der Waals surface area contributed by atoms with Gasteiger partial charge >= 0.3 is 0 Å². The smallest absolute Gasteiger partial charge is 0.178 e. The first-order chi connectivity index (χ1) is 9.47. The quantitative estimate of drug-likeness (QED) is 0.732. The van der Waals surface area contributed by atoms with E-state index in [4.69, 9.17) is 23.8 Å². The van der Waals surface area contributed by atoms with E-state index < -0.39 is 0 Å². The van der Waals surface area contributed by atoms with Crippen LogP contribution in [0.2, 0.25) is 5.02 Å². The van der Waals surface area contributed by atoms with Gasteiger partial charge in [0.15, 0.2) is 4.77 Å². The third kappa shape index (κ3) is 2.07. The summed E-state index contributed by atoms with van der Waals surface area (Å²) in [7, 11) is 1.96. The molecule has 1 N–H and O–H groups in total. The van der Waals surface area contributed by atoms with E-state index >= 15 is 0 Å². The molecule has 2 aromatic heterocycles.